The van der Waals surface area contributed by atoms with Gasteiger partial charge in [-0.05, 0) is 32.9 Å². The van der Waals surface area contributed by atoms with Gasteiger partial charge in [-0.2, -0.15) is 0 Å². The molecule has 0 amide bonds. The van der Waals surface area contributed by atoms with E-state index in [0.29, 0.717) is 5.69 Å². The van der Waals surface area contributed by atoms with Gasteiger partial charge in [0.05, 0.1) is 5.69 Å². The molecule has 1 fully saturated rings. The Hall–Kier alpha value is -1.05. The Kier molecular flexibility index (Phi) is 4.49. The van der Waals surface area contributed by atoms with Gasteiger partial charge >= 0.3 is 0 Å². The highest BCUT2D eigenvalue weighted by atomic mass is 32.2. The highest BCUT2D eigenvalue weighted by Gasteiger charge is 2.33. The van der Waals surface area contributed by atoms with E-state index in [9.17, 15) is 8.42 Å². The van der Waals surface area contributed by atoms with Crippen LogP contribution < -0.4 is 5.32 Å². The molecule has 2 rings (SSSR count). The Bertz CT molecular complexity index is 500. The van der Waals surface area contributed by atoms with E-state index < -0.39 is 15.3 Å². The van der Waals surface area contributed by atoms with E-state index in [2.05, 4.69) is 15.3 Å². The highest BCUT2D eigenvalue weighted by Crippen LogP contribution is 2.25. The lowest BCUT2D eigenvalue weighted by Gasteiger charge is -2.32. The quantitative estimate of drug-likeness (QED) is 0.874. The van der Waals surface area contributed by atoms with Crippen molar-refractivity contribution in [2.75, 3.05) is 20.1 Å². The highest BCUT2D eigenvalue weighted by molar-refractivity contribution is 7.89. The second kappa shape index (κ2) is 5.94. The summed E-state index contributed by atoms with van der Waals surface area (Å²) < 4.78 is 26.6. The summed E-state index contributed by atoms with van der Waals surface area (Å²) in [5.41, 5.74) is 0.489. The van der Waals surface area contributed by atoms with Crippen molar-refractivity contribution in [3.63, 3.8) is 0 Å². The SMILES string of the molecule is C[C@@H](c1cnccn1)S(=O)(=O)N(C)C1CCNCC1. The average Bonchev–Trinajstić information content (AvgIpc) is 2.47. The predicted octanol–water partition coefficient (Wildman–Crippen LogP) is 0.551. The van der Waals surface area contributed by atoms with Crippen molar-refractivity contribution in [1.82, 2.24) is 19.6 Å². The number of hydrogen-bond acceptors (Lipinski definition) is 5. The van der Waals surface area contributed by atoms with Gasteiger partial charge in [-0.1, -0.05) is 0 Å². The molecule has 7 heteroatoms. The van der Waals surface area contributed by atoms with Crippen molar-refractivity contribution in [2.24, 2.45) is 0 Å². The van der Waals surface area contributed by atoms with Crippen LogP contribution in [-0.4, -0.2) is 48.9 Å². The molecule has 0 aromatic carbocycles. The van der Waals surface area contributed by atoms with Crippen LogP contribution in [0.2, 0.25) is 0 Å². The van der Waals surface area contributed by atoms with Crippen LogP contribution in [0.25, 0.3) is 0 Å². The molecule has 1 aliphatic heterocycles. The van der Waals surface area contributed by atoms with Crippen LogP contribution >= 0.6 is 0 Å². The summed E-state index contributed by atoms with van der Waals surface area (Å²) in [6, 6.07) is 0.0744. The minimum atomic E-state index is -3.39. The third-order valence-corrected chi connectivity index (χ3v) is 5.91. The first kappa shape index (κ1) is 14.4. The van der Waals surface area contributed by atoms with Gasteiger partial charge in [0.1, 0.15) is 5.25 Å². The Morgan fingerprint density at radius 2 is 2.05 bits per heavy atom. The molecule has 0 saturated carbocycles. The summed E-state index contributed by atoms with van der Waals surface area (Å²) in [5.74, 6) is 0. The van der Waals surface area contributed by atoms with Crippen LogP contribution in [0, 0.1) is 0 Å². The average molecular weight is 284 g/mol. The molecule has 1 atom stereocenters. The number of piperidine rings is 1. The molecule has 6 nitrogen and oxygen atoms in total. The molecule has 0 spiro atoms. The van der Waals surface area contributed by atoms with Gasteiger partial charge in [0.2, 0.25) is 10.0 Å². The first-order valence-corrected chi connectivity index (χ1v) is 7.97. The van der Waals surface area contributed by atoms with Crippen molar-refractivity contribution in [3.05, 3.63) is 24.3 Å². The molecular weight excluding hydrogens is 264 g/mol. The molecule has 19 heavy (non-hydrogen) atoms. The van der Waals surface area contributed by atoms with E-state index in [1.54, 1.807) is 20.2 Å². The molecule has 0 radical (unpaired) electrons. The zero-order chi connectivity index (χ0) is 13.9. The van der Waals surface area contributed by atoms with E-state index in [1.807, 2.05) is 0 Å². The minimum absolute atomic E-state index is 0.0744. The molecule has 1 saturated heterocycles. The third-order valence-electron chi connectivity index (χ3n) is 3.67. The maximum absolute atomic E-state index is 12.6. The van der Waals surface area contributed by atoms with Crippen molar-refractivity contribution in [3.8, 4) is 0 Å². The van der Waals surface area contributed by atoms with Crippen LogP contribution in [0.5, 0.6) is 0 Å². The van der Waals surface area contributed by atoms with E-state index in [0.717, 1.165) is 25.9 Å². The van der Waals surface area contributed by atoms with Crippen LogP contribution in [-0.2, 0) is 10.0 Å². The molecule has 1 aromatic heterocycles. The fraction of sp³-hybridized carbons (Fsp3) is 0.667. The fourth-order valence-corrected chi connectivity index (χ4v) is 3.85. The molecule has 0 unspecified atom stereocenters. The lowest BCUT2D eigenvalue weighted by molar-refractivity contribution is 0.294. The number of rotatable bonds is 4. The van der Waals surface area contributed by atoms with Gasteiger partial charge < -0.3 is 5.32 Å². The Morgan fingerprint density at radius 3 is 2.63 bits per heavy atom. The second-order valence-electron chi connectivity index (χ2n) is 4.81. The summed E-state index contributed by atoms with van der Waals surface area (Å²) in [6.07, 6.45) is 6.27. The van der Waals surface area contributed by atoms with Crippen molar-refractivity contribution >= 4 is 10.0 Å². The van der Waals surface area contributed by atoms with Gasteiger partial charge in [-0.15, -0.1) is 0 Å². The Balaban J connectivity index is 2.17. The molecule has 106 valence electrons. The summed E-state index contributed by atoms with van der Waals surface area (Å²) >= 11 is 0. The number of nitrogens with one attached hydrogen (secondary N) is 1. The van der Waals surface area contributed by atoms with Crippen LogP contribution in [0.1, 0.15) is 30.7 Å². The van der Waals surface area contributed by atoms with E-state index in [-0.39, 0.29) is 6.04 Å². The van der Waals surface area contributed by atoms with Crippen LogP contribution in [0.4, 0.5) is 0 Å². The minimum Gasteiger partial charge on any atom is -0.317 e. The number of aromatic nitrogens is 2. The summed E-state index contributed by atoms with van der Waals surface area (Å²) in [4.78, 5) is 8.03. The predicted molar refractivity (Wildman–Crippen MR) is 73.0 cm³/mol. The largest absolute Gasteiger partial charge is 0.317 e. The Labute approximate surface area is 114 Å². The first-order valence-electron chi connectivity index (χ1n) is 6.47. The lowest BCUT2D eigenvalue weighted by atomic mass is 10.1. The zero-order valence-electron chi connectivity index (χ0n) is 11.3. The molecule has 1 aromatic rings. The summed E-state index contributed by atoms with van der Waals surface area (Å²) in [5, 5.41) is 2.57. The van der Waals surface area contributed by atoms with Gasteiger partial charge in [0.15, 0.2) is 0 Å². The van der Waals surface area contributed by atoms with Crippen LogP contribution in [0.15, 0.2) is 18.6 Å². The zero-order valence-corrected chi connectivity index (χ0v) is 12.1. The maximum atomic E-state index is 12.6. The van der Waals surface area contributed by atoms with Gasteiger partial charge in [-0.25, -0.2) is 12.7 Å². The molecule has 0 aliphatic carbocycles. The fourth-order valence-electron chi connectivity index (χ4n) is 2.30. The summed E-state index contributed by atoms with van der Waals surface area (Å²) in [6.45, 7) is 3.39. The Morgan fingerprint density at radius 1 is 1.37 bits per heavy atom. The smallest absolute Gasteiger partial charge is 0.222 e. The van der Waals surface area contributed by atoms with Gasteiger partial charge in [-0.3, -0.25) is 9.97 Å². The van der Waals surface area contributed by atoms with E-state index in [1.165, 1.54) is 16.7 Å². The molecule has 2 heterocycles. The normalized spacial score (nSPS) is 19.5. The van der Waals surface area contributed by atoms with Crippen molar-refractivity contribution in [2.45, 2.75) is 31.1 Å². The third kappa shape index (κ3) is 3.10. The van der Waals surface area contributed by atoms with Crippen molar-refractivity contribution < 1.29 is 8.42 Å². The monoisotopic (exact) mass is 284 g/mol. The van der Waals surface area contributed by atoms with E-state index >= 15 is 0 Å². The first-order chi connectivity index (χ1) is 9.03. The lowest BCUT2D eigenvalue weighted by Crippen LogP contribution is -2.45. The molecule has 1 N–H and O–H groups in total. The van der Waals surface area contributed by atoms with E-state index in [4.69, 9.17) is 0 Å². The number of hydrogen-bond donors (Lipinski definition) is 1. The maximum Gasteiger partial charge on any atom is 0.222 e. The van der Waals surface area contributed by atoms with Crippen molar-refractivity contribution in [1.29, 1.82) is 0 Å². The van der Waals surface area contributed by atoms with Gasteiger partial charge in [0, 0.05) is 31.7 Å². The number of nitrogens with zero attached hydrogens (tertiary/aromatic N) is 3. The standard InChI is InChI=1S/C12H20N4O2S/c1-10(12-9-14-7-8-15-12)19(17,18)16(2)11-3-5-13-6-4-11/h7-11,13H,3-6H2,1-2H3/t10-/m0/s1. The molecule has 0 bridgehead atoms. The topological polar surface area (TPSA) is 75.2 Å². The summed E-state index contributed by atoms with van der Waals surface area (Å²) in [7, 11) is -1.72. The second-order valence-corrected chi connectivity index (χ2v) is 7.13. The van der Waals surface area contributed by atoms with Gasteiger partial charge in [0.25, 0.3) is 0 Å². The number of sulfonamides is 1. The van der Waals surface area contributed by atoms with Crippen LogP contribution in [0.3, 0.4) is 0 Å². The molecular formula is C12H20N4O2S. The molecule has 1 aliphatic rings.